The fourth-order valence-corrected chi connectivity index (χ4v) is 5.93. The molecule has 0 saturated heterocycles. The largest absolute Gasteiger partial charge is 0.444 e. The quantitative estimate of drug-likeness (QED) is 0.0813. The van der Waals surface area contributed by atoms with Crippen LogP contribution in [0.5, 0.6) is 0 Å². The van der Waals surface area contributed by atoms with E-state index in [1.165, 1.54) is 28.8 Å². The molecule has 0 aliphatic rings. The summed E-state index contributed by atoms with van der Waals surface area (Å²) in [5, 5.41) is 13.3. The van der Waals surface area contributed by atoms with E-state index in [-0.39, 0.29) is 36.5 Å². The second-order valence-corrected chi connectivity index (χ2v) is 14.8. The van der Waals surface area contributed by atoms with Crippen molar-refractivity contribution in [2.75, 3.05) is 5.73 Å². The highest BCUT2D eigenvalue weighted by molar-refractivity contribution is 5.96. The number of anilines is 1. The molecule has 6 rings (SSSR count). The van der Waals surface area contributed by atoms with Gasteiger partial charge in [0.25, 0.3) is 0 Å². The van der Waals surface area contributed by atoms with Crippen molar-refractivity contribution in [1.82, 2.24) is 35.2 Å². The summed E-state index contributed by atoms with van der Waals surface area (Å²) in [7, 11) is 0. The molecule has 2 atom stereocenters. The van der Waals surface area contributed by atoms with Crippen molar-refractivity contribution < 1.29 is 45.5 Å². The monoisotopic (exact) mass is 848 g/mol. The number of nitrogens with one attached hydrogen (secondary N) is 2. The maximum absolute atomic E-state index is 13.2. The summed E-state index contributed by atoms with van der Waals surface area (Å²) in [6.07, 6.45) is -6.01. The molecular formula is C43H42F6N8O4. The number of alkyl halides is 6. The topological polar surface area (TPSA) is 166 Å². The second-order valence-electron chi connectivity index (χ2n) is 14.8. The van der Waals surface area contributed by atoms with E-state index in [1.54, 1.807) is 26.8 Å². The van der Waals surface area contributed by atoms with Crippen molar-refractivity contribution in [3.05, 3.63) is 155 Å². The van der Waals surface area contributed by atoms with Crippen molar-refractivity contribution in [1.29, 1.82) is 0 Å². The number of nitrogens with two attached hydrogens (primary N) is 1. The van der Waals surface area contributed by atoms with E-state index in [1.807, 2.05) is 60.7 Å². The molecule has 4 N–H and O–H groups in total. The SMILES string of the molecule is CC(C)(C)OC(=O)N[C@H](Cc1ccccc1)C(=O)NCc1ccc(C(F)(F)F)cn1.Nc1ccc(C(=O)C[C@H](Cc2ccccc2)c2nnc3ccc(C(F)(F)F)cn23)cn1. The first-order chi connectivity index (χ1) is 28.7. The molecule has 0 bridgehead atoms. The van der Waals surface area contributed by atoms with Crippen LogP contribution in [0.3, 0.4) is 0 Å². The van der Waals surface area contributed by atoms with Crippen molar-refractivity contribution in [2.24, 2.45) is 0 Å². The first-order valence-electron chi connectivity index (χ1n) is 18.8. The standard InChI is InChI=1S/C22H18F3N5O.C21H24F3N3O3/c23-22(24,25)17-7-9-20-28-29-21(30(20)13-17)16(10-14-4-2-1-3-5-14)11-18(31)15-6-8-19(26)27-12-15;1-20(2,3)30-19(29)27-17(11-14-7-5-4-6-8-14)18(28)26-13-16-10-9-15(12-25-16)21(22,23)24/h1-9,12-13,16H,10-11H2,(H2,26,27);4-10,12,17H,11,13H2,1-3H3,(H,26,28)(H,27,29)/t16-;17-/m01/s1. The Hall–Kier alpha value is -6.85. The third kappa shape index (κ3) is 13.6. The highest BCUT2D eigenvalue weighted by Gasteiger charge is 2.33. The van der Waals surface area contributed by atoms with Gasteiger partial charge >= 0.3 is 18.4 Å². The van der Waals surface area contributed by atoms with Gasteiger partial charge in [-0.1, -0.05) is 60.7 Å². The number of benzene rings is 2. The fourth-order valence-electron chi connectivity index (χ4n) is 5.93. The third-order valence-electron chi connectivity index (χ3n) is 8.87. The number of halogens is 6. The minimum atomic E-state index is -4.50. The highest BCUT2D eigenvalue weighted by Crippen LogP contribution is 2.32. The van der Waals surface area contributed by atoms with E-state index in [0.717, 1.165) is 29.5 Å². The lowest BCUT2D eigenvalue weighted by Gasteiger charge is -2.23. The number of amides is 2. The summed E-state index contributed by atoms with van der Waals surface area (Å²) < 4.78 is 84.1. The van der Waals surface area contributed by atoms with Crippen molar-refractivity contribution in [2.45, 2.75) is 76.5 Å². The molecule has 2 aromatic carbocycles. The van der Waals surface area contributed by atoms with Crippen LogP contribution in [-0.2, 0) is 41.3 Å². The Kier molecular flexibility index (Phi) is 14.4. The van der Waals surface area contributed by atoms with Crippen molar-refractivity contribution in [3.63, 3.8) is 0 Å². The van der Waals surface area contributed by atoms with Gasteiger partial charge in [-0.25, -0.2) is 9.78 Å². The van der Waals surface area contributed by atoms with Crippen molar-refractivity contribution >= 4 is 29.2 Å². The number of Topliss-reactive ketones (excluding diaryl/α,β-unsaturated/α-hetero) is 1. The lowest BCUT2D eigenvalue weighted by Crippen LogP contribution is -2.49. The average Bonchev–Trinajstić information content (AvgIpc) is 3.63. The molecule has 4 aromatic heterocycles. The number of alkyl carbamates (subject to hydrolysis) is 1. The van der Waals surface area contributed by atoms with E-state index < -0.39 is 53.0 Å². The van der Waals surface area contributed by atoms with Crippen LogP contribution < -0.4 is 16.4 Å². The number of nitrogen functional groups attached to an aromatic ring is 1. The molecule has 61 heavy (non-hydrogen) atoms. The summed E-state index contributed by atoms with van der Waals surface area (Å²) in [5.41, 5.74) is 5.83. The Morgan fingerprint density at radius 2 is 1.36 bits per heavy atom. The number of hydrogen-bond acceptors (Lipinski definition) is 9. The fraction of sp³-hybridized carbons (Fsp3) is 0.279. The molecule has 12 nitrogen and oxygen atoms in total. The van der Waals surface area contributed by atoms with E-state index in [4.69, 9.17) is 10.5 Å². The van der Waals surface area contributed by atoms with Crippen LogP contribution in [0.15, 0.2) is 116 Å². The number of fused-ring (bicyclic) bond motifs is 1. The average molecular weight is 849 g/mol. The van der Waals surface area contributed by atoms with Crippen molar-refractivity contribution in [3.8, 4) is 0 Å². The molecular weight excluding hydrogens is 807 g/mol. The zero-order valence-electron chi connectivity index (χ0n) is 33.2. The molecule has 320 valence electrons. The summed E-state index contributed by atoms with van der Waals surface area (Å²) in [5.74, 6) is -0.628. The number of aromatic nitrogens is 5. The molecule has 2 amide bonds. The summed E-state index contributed by atoms with van der Waals surface area (Å²) in [4.78, 5) is 45.4. The molecule has 0 fully saturated rings. The Morgan fingerprint density at radius 1 is 0.738 bits per heavy atom. The lowest BCUT2D eigenvalue weighted by atomic mass is 9.91. The normalized spacial score (nSPS) is 12.7. The number of ether oxygens (including phenoxy) is 1. The van der Waals surface area contributed by atoms with Crippen LogP contribution in [0.4, 0.5) is 37.0 Å². The van der Waals surface area contributed by atoms with E-state index in [2.05, 4.69) is 30.8 Å². The molecule has 6 aromatic rings. The molecule has 0 saturated carbocycles. The van der Waals surface area contributed by atoms with Gasteiger partial charge in [-0.15, -0.1) is 10.2 Å². The molecule has 0 unspecified atom stereocenters. The highest BCUT2D eigenvalue weighted by atomic mass is 19.4. The molecule has 0 radical (unpaired) electrons. The van der Waals surface area contributed by atoms with Crippen LogP contribution in [0.1, 0.15) is 77.2 Å². The second kappa shape index (κ2) is 19.5. The zero-order chi connectivity index (χ0) is 44.4. The van der Waals surface area contributed by atoms with Gasteiger partial charge in [0.15, 0.2) is 11.4 Å². The van der Waals surface area contributed by atoms with Gasteiger partial charge in [0, 0.05) is 42.9 Å². The van der Waals surface area contributed by atoms with E-state index in [0.29, 0.717) is 29.8 Å². The third-order valence-corrected chi connectivity index (χ3v) is 8.87. The number of nitrogens with zero attached hydrogens (tertiary/aromatic N) is 5. The summed E-state index contributed by atoms with van der Waals surface area (Å²) >= 11 is 0. The van der Waals surface area contributed by atoms with Gasteiger partial charge in [-0.3, -0.25) is 19.0 Å². The summed E-state index contributed by atoms with van der Waals surface area (Å²) in [6.45, 7) is 5.03. The van der Waals surface area contributed by atoms with Gasteiger partial charge in [0.1, 0.15) is 23.3 Å². The number of pyridine rings is 3. The number of ketones is 1. The van der Waals surface area contributed by atoms with E-state index in [9.17, 15) is 40.7 Å². The van der Waals surface area contributed by atoms with Gasteiger partial charge in [-0.2, -0.15) is 26.3 Å². The molecule has 18 heteroatoms. The van der Waals surface area contributed by atoms with Crippen LogP contribution in [0.25, 0.3) is 5.65 Å². The maximum Gasteiger partial charge on any atom is 0.417 e. The predicted octanol–water partition coefficient (Wildman–Crippen LogP) is 8.18. The maximum atomic E-state index is 13.2. The van der Waals surface area contributed by atoms with Crippen LogP contribution in [-0.4, -0.2) is 54.0 Å². The number of carbonyl (C=O) groups is 3. The Labute approximate surface area is 346 Å². The van der Waals surface area contributed by atoms with Crippen LogP contribution in [0.2, 0.25) is 0 Å². The Balaban J connectivity index is 0.000000231. The number of rotatable bonds is 12. The predicted molar refractivity (Wildman–Crippen MR) is 213 cm³/mol. The molecule has 0 aliphatic carbocycles. The lowest BCUT2D eigenvalue weighted by molar-refractivity contribution is -0.138. The number of carbonyl (C=O) groups excluding carboxylic acids is 3. The first kappa shape index (κ1) is 45.2. The molecule has 0 spiro atoms. The van der Waals surface area contributed by atoms with Gasteiger partial charge in [0.05, 0.1) is 23.4 Å². The zero-order valence-corrected chi connectivity index (χ0v) is 33.2. The Bertz CT molecular complexity index is 2390. The minimum absolute atomic E-state index is 0.0253. The minimum Gasteiger partial charge on any atom is -0.444 e. The van der Waals surface area contributed by atoms with Gasteiger partial charge < -0.3 is 21.1 Å². The van der Waals surface area contributed by atoms with Crippen LogP contribution in [0, 0.1) is 0 Å². The van der Waals surface area contributed by atoms with Gasteiger partial charge in [-0.05, 0) is 74.7 Å². The van der Waals surface area contributed by atoms with Gasteiger partial charge in [0.2, 0.25) is 5.91 Å². The molecule has 4 heterocycles. The number of hydrogen-bond donors (Lipinski definition) is 3. The molecule has 0 aliphatic heterocycles. The van der Waals surface area contributed by atoms with E-state index >= 15 is 0 Å². The smallest absolute Gasteiger partial charge is 0.417 e. The summed E-state index contributed by atoms with van der Waals surface area (Å²) in [6, 6.07) is 25.0. The van der Waals surface area contributed by atoms with Crippen LogP contribution >= 0.6 is 0 Å². The first-order valence-corrected chi connectivity index (χ1v) is 18.8. The Morgan fingerprint density at radius 3 is 1.92 bits per heavy atom.